The van der Waals surface area contributed by atoms with Crippen LogP contribution < -0.4 is 0 Å². The Balaban J connectivity index is 1.78. The summed E-state index contributed by atoms with van der Waals surface area (Å²) in [6.07, 6.45) is 2.14. The van der Waals surface area contributed by atoms with E-state index < -0.39 is 0 Å². The van der Waals surface area contributed by atoms with Crippen molar-refractivity contribution in [3.8, 4) is 0 Å². The van der Waals surface area contributed by atoms with Crippen LogP contribution >= 0.6 is 27.7 Å². The number of carbonyl (C=O) groups excluding carboxylic acids is 1. The highest BCUT2D eigenvalue weighted by atomic mass is 79.9. The summed E-state index contributed by atoms with van der Waals surface area (Å²) in [7, 11) is 0. The summed E-state index contributed by atoms with van der Waals surface area (Å²) >= 11 is 5.22. The molecule has 2 nitrogen and oxygen atoms in total. The van der Waals surface area contributed by atoms with Crippen LogP contribution in [0.15, 0.2) is 35.2 Å². The molecule has 0 bridgehead atoms. The zero-order chi connectivity index (χ0) is 12.1. The van der Waals surface area contributed by atoms with Gasteiger partial charge in [0.1, 0.15) is 0 Å². The molecule has 0 spiro atoms. The van der Waals surface area contributed by atoms with E-state index in [1.165, 1.54) is 0 Å². The largest absolute Gasteiger partial charge is 0.342 e. The highest BCUT2D eigenvalue weighted by Crippen LogP contribution is 2.21. The van der Waals surface area contributed by atoms with Crippen LogP contribution in [-0.2, 0) is 4.79 Å². The number of rotatable bonds is 3. The predicted octanol–water partition coefficient (Wildman–Crippen LogP) is 3.16. The van der Waals surface area contributed by atoms with Gasteiger partial charge in [-0.15, -0.1) is 11.8 Å². The first kappa shape index (κ1) is 13.0. The van der Waals surface area contributed by atoms with E-state index in [1.807, 2.05) is 35.2 Å². The van der Waals surface area contributed by atoms with Gasteiger partial charge in [0.05, 0.1) is 5.75 Å². The quantitative estimate of drug-likeness (QED) is 0.631. The lowest BCUT2D eigenvalue weighted by Crippen LogP contribution is -2.39. The Labute approximate surface area is 115 Å². The zero-order valence-corrected chi connectivity index (χ0v) is 12.0. The predicted molar refractivity (Wildman–Crippen MR) is 75.7 cm³/mol. The van der Waals surface area contributed by atoms with E-state index in [9.17, 15) is 4.79 Å². The molecule has 1 heterocycles. The van der Waals surface area contributed by atoms with Crippen molar-refractivity contribution in [2.75, 3.05) is 18.8 Å². The monoisotopic (exact) mass is 313 g/mol. The van der Waals surface area contributed by atoms with Gasteiger partial charge in [-0.05, 0) is 25.0 Å². The molecule has 2 rings (SSSR count). The SMILES string of the molecule is O=C(CSc1ccccc1)N1CCC(Br)CC1. The van der Waals surface area contributed by atoms with Crippen LogP contribution in [0.25, 0.3) is 0 Å². The van der Waals surface area contributed by atoms with Gasteiger partial charge in [0, 0.05) is 22.8 Å². The number of benzene rings is 1. The highest BCUT2D eigenvalue weighted by Gasteiger charge is 2.20. The Bertz CT molecular complexity index is 363. The van der Waals surface area contributed by atoms with Crippen LogP contribution in [0.4, 0.5) is 0 Å². The smallest absolute Gasteiger partial charge is 0.232 e. The third kappa shape index (κ3) is 4.03. The zero-order valence-electron chi connectivity index (χ0n) is 9.64. The van der Waals surface area contributed by atoms with Crippen molar-refractivity contribution in [2.24, 2.45) is 0 Å². The van der Waals surface area contributed by atoms with E-state index in [0.29, 0.717) is 10.6 Å². The first-order chi connectivity index (χ1) is 8.25. The standard InChI is InChI=1S/C13H16BrNOS/c14-11-6-8-15(9-7-11)13(16)10-17-12-4-2-1-3-5-12/h1-5,11H,6-10H2. The molecule has 0 saturated carbocycles. The molecule has 92 valence electrons. The van der Waals surface area contributed by atoms with Crippen LogP contribution in [0.5, 0.6) is 0 Å². The Morgan fingerprint density at radius 3 is 2.59 bits per heavy atom. The van der Waals surface area contributed by atoms with Gasteiger partial charge in [0.2, 0.25) is 5.91 Å². The second kappa shape index (κ2) is 6.45. The highest BCUT2D eigenvalue weighted by molar-refractivity contribution is 9.09. The minimum atomic E-state index is 0.262. The average Bonchev–Trinajstić information content (AvgIpc) is 2.38. The van der Waals surface area contributed by atoms with E-state index in [0.717, 1.165) is 30.8 Å². The van der Waals surface area contributed by atoms with Crippen molar-refractivity contribution < 1.29 is 4.79 Å². The van der Waals surface area contributed by atoms with Crippen molar-refractivity contribution in [3.63, 3.8) is 0 Å². The van der Waals surface area contributed by atoms with Gasteiger partial charge in [-0.2, -0.15) is 0 Å². The molecular formula is C13H16BrNOS. The van der Waals surface area contributed by atoms with Crippen LogP contribution in [0, 0.1) is 0 Å². The van der Waals surface area contributed by atoms with Crippen molar-refractivity contribution in [2.45, 2.75) is 22.6 Å². The number of carbonyl (C=O) groups is 1. The van der Waals surface area contributed by atoms with Crippen LogP contribution in [0.1, 0.15) is 12.8 Å². The van der Waals surface area contributed by atoms with Gasteiger partial charge in [0.15, 0.2) is 0 Å². The number of amides is 1. The van der Waals surface area contributed by atoms with E-state index in [2.05, 4.69) is 15.9 Å². The average molecular weight is 314 g/mol. The van der Waals surface area contributed by atoms with E-state index in [4.69, 9.17) is 0 Å². The summed E-state index contributed by atoms with van der Waals surface area (Å²) in [5.41, 5.74) is 0. The third-order valence-corrected chi connectivity index (χ3v) is 4.80. The van der Waals surface area contributed by atoms with Gasteiger partial charge in [0.25, 0.3) is 0 Å². The van der Waals surface area contributed by atoms with Crippen molar-refractivity contribution >= 4 is 33.6 Å². The van der Waals surface area contributed by atoms with Gasteiger partial charge < -0.3 is 4.90 Å². The first-order valence-electron chi connectivity index (χ1n) is 5.85. The van der Waals surface area contributed by atoms with E-state index in [-0.39, 0.29) is 5.91 Å². The summed E-state index contributed by atoms with van der Waals surface area (Å²) in [5, 5.41) is 0. The maximum atomic E-state index is 12.0. The number of hydrogen-bond acceptors (Lipinski definition) is 2. The number of piperidine rings is 1. The molecule has 0 aliphatic carbocycles. The Hall–Kier alpha value is -0.480. The molecule has 0 atom stereocenters. The summed E-state index contributed by atoms with van der Waals surface area (Å²) in [4.78, 5) is 15.7. The fraction of sp³-hybridized carbons (Fsp3) is 0.462. The van der Waals surface area contributed by atoms with Crippen LogP contribution in [-0.4, -0.2) is 34.5 Å². The summed E-state index contributed by atoms with van der Waals surface area (Å²) in [6.45, 7) is 1.79. The van der Waals surface area contributed by atoms with Gasteiger partial charge in [-0.1, -0.05) is 34.1 Å². The summed E-state index contributed by atoms with van der Waals surface area (Å²) in [6, 6.07) is 10.1. The number of hydrogen-bond donors (Lipinski definition) is 0. The number of thioether (sulfide) groups is 1. The molecule has 1 aliphatic rings. The molecule has 1 aromatic rings. The molecule has 4 heteroatoms. The molecule has 0 unspecified atom stereocenters. The minimum Gasteiger partial charge on any atom is -0.342 e. The molecule has 0 radical (unpaired) electrons. The minimum absolute atomic E-state index is 0.262. The summed E-state index contributed by atoms with van der Waals surface area (Å²) < 4.78 is 0. The number of alkyl halides is 1. The Morgan fingerprint density at radius 1 is 1.29 bits per heavy atom. The molecule has 1 saturated heterocycles. The summed E-state index contributed by atoms with van der Waals surface area (Å²) in [5.74, 6) is 0.815. The topological polar surface area (TPSA) is 20.3 Å². The fourth-order valence-corrected chi connectivity index (χ4v) is 3.08. The molecule has 0 aromatic heterocycles. The lowest BCUT2D eigenvalue weighted by Gasteiger charge is -2.29. The van der Waals surface area contributed by atoms with Gasteiger partial charge >= 0.3 is 0 Å². The van der Waals surface area contributed by atoms with Crippen molar-refractivity contribution in [1.82, 2.24) is 4.90 Å². The molecular weight excluding hydrogens is 298 g/mol. The lowest BCUT2D eigenvalue weighted by atomic mass is 10.1. The van der Waals surface area contributed by atoms with Gasteiger partial charge in [-0.25, -0.2) is 0 Å². The number of likely N-dealkylation sites (tertiary alicyclic amines) is 1. The van der Waals surface area contributed by atoms with E-state index >= 15 is 0 Å². The van der Waals surface area contributed by atoms with Crippen LogP contribution in [0.2, 0.25) is 0 Å². The third-order valence-electron chi connectivity index (χ3n) is 2.88. The van der Waals surface area contributed by atoms with Gasteiger partial charge in [-0.3, -0.25) is 4.79 Å². The number of halogens is 1. The Kier molecular flexibility index (Phi) is 4.92. The second-order valence-electron chi connectivity index (χ2n) is 4.16. The van der Waals surface area contributed by atoms with E-state index in [1.54, 1.807) is 11.8 Å². The van der Waals surface area contributed by atoms with Crippen molar-refractivity contribution in [1.29, 1.82) is 0 Å². The Morgan fingerprint density at radius 2 is 1.94 bits per heavy atom. The molecule has 1 aromatic carbocycles. The maximum absolute atomic E-state index is 12.0. The number of nitrogens with zero attached hydrogens (tertiary/aromatic N) is 1. The fourth-order valence-electron chi connectivity index (χ4n) is 1.85. The maximum Gasteiger partial charge on any atom is 0.232 e. The molecule has 1 amide bonds. The van der Waals surface area contributed by atoms with Crippen molar-refractivity contribution in [3.05, 3.63) is 30.3 Å². The van der Waals surface area contributed by atoms with Crippen LogP contribution in [0.3, 0.4) is 0 Å². The normalized spacial score (nSPS) is 17.1. The lowest BCUT2D eigenvalue weighted by molar-refractivity contribution is -0.129. The molecule has 0 N–H and O–H groups in total. The first-order valence-corrected chi connectivity index (χ1v) is 7.75. The molecule has 1 aliphatic heterocycles. The molecule has 1 fully saturated rings. The molecule has 17 heavy (non-hydrogen) atoms. The second-order valence-corrected chi connectivity index (χ2v) is 6.50.